The van der Waals surface area contributed by atoms with Gasteiger partial charge in [0.25, 0.3) is 11.5 Å². The Kier molecular flexibility index (Phi) is 4.75. The third-order valence-electron chi connectivity index (χ3n) is 2.53. The molecule has 0 aliphatic carbocycles. The Morgan fingerprint density at radius 1 is 1.45 bits per heavy atom. The molecule has 22 heavy (non-hydrogen) atoms. The molecule has 2 heterocycles. The molecule has 0 saturated carbocycles. The first-order valence-electron chi connectivity index (χ1n) is 6.25. The average Bonchev–Trinajstić information content (AvgIpc) is 2.51. The highest BCUT2D eigenvalue weighted by Gasteiger charge is 2.14. The Balaban J connectivity index is 1.93. The molecule has 0 spiro atoms. The molecule has 0 aliphatic heterocycles. The van der Waals surface area contributed by atoms with Crippen molar-refractivity contribution < 1.29 is 4.79 Å². The Hall–Kier alpha value is -3.30. The van der Waals surface area contributed by atoms with Gasteiger partial charge in [0.15, 0.2) is 0 Å². The summed E-state index contributed by atoms with van der Waals surface area (Å²) in [6.45, 7) is 1.52. The Morgan fingerprint density at radius 2 is 2.27 bits per heavy atom. The minimum atomic E-state index is -0.787. The molecule has 0 bridgehead atoms. The SMILES string of the molecule is C[C@@H](Nc1n[nH]c(=O)[nH]c1=O)C(=O)N/N=C\c1cccnc1. The molecule has 2 rings (SSSR count). The summed E-state index contributed by atoms with van der Waals surface area (Å²) in [5, 5.41) is 11.9. The number of rotatable bonds is 5. The minimum absolute atomic E-state index is 0.168. The van der Waals surface area contributed by atoms with Crippen molar-refractivity contribution in [2.45, 2.75) is 13.0 Å². The van der Waals surface area contributed by atoms with Gasteiger partial charge in [-0.05, 0) is 13.0 Å². The average molecular weight is 303 g/mol. The fourth-order valence-corrected chi connectivity index (χ4v) is 1.44. The lowest BCUT2D eigenvalue weighted by Gasteiger charge is -2.11. The van der Waals surface area contributed by atoms with E-state index in [-0.39, 0.29) is 5.82 Å². The number of hydrazone groups is 1. The van der Waals surface area contributed by atoms with Gasteiger partial charge in [-0.2, -0.15) is 5.10 Å². The largest absolute Gasteiger partial charge is 0.353 e. The van der Waals surface area contributed by atoms with Gasteiger partial charge < -0.3 is 5.32 Å². The van der Waals surface area contributed by atoms with Crippen molar-refractivity contribution >= 4 is 17.9 Å². The maximum atomic E-state index is 11.8. The second-order valence-electron chi connectivity index (χ2n) is 4.24. The molecule has 0 fully saturated rings. The van der Waals surface area contributed by atoms with E-state index in [0.717, 1.165) is 5.56 Å². The second-order valence-corrected chi connectivity index (χ2v) is 4.24. The molecule has 10 nitrogen and oxygen atoms in total. The summed E-state index contributed by atoms with van der Waals surface area (Å²) in [7, 11) is 0. The Morgan fingerprint density at radius 3 is 2.95 bits per heavy atom. The summed E-state index contributed by atoms with van der Waals surface area (Å²) in [5.74, 6) is -0.647. The summed E-state index contributed by atoms with van der Waals surface area (Å²) in [4.78, 5) is 39.9. The van der Waals surface area contributed by atoms with Crippen molar-refractivity contribution in [1.82, 2.24) is 25.6 Å². The topological polar surface area (TPSA) is 145 Å². The van der Waals surface area contributed by atoms with Crippen LogP contribution in [0.25, 0.3) is 0 Å². The highest BCUT2D eigenvalue weighted by Crippen LogP contribution is 1.94. The molecule has 0 aliphatic rings. The van der Waals surface area contributed by atoms with Crippen molar-refractivity contribution in [3.8, 4) is 0 Å². The zero-order valence-corrected chi connectivity index (χ0v) is 11.5. The molecular formula is C12H13N7O3. The van der Waals surface area contributed by atoms with Crippen LogP contribution in [0.3, 0.4) is 0 Å². The van der Waals surface area contributed by atoms with Crippen LogP contribution in [0.2, 0.25) is 0 Å². The number of aromatic amines is 2. The number of aromatic nitrogens is 4. The molecule has 2 aromatic rings. The van der Waals surface area contributed by atoms with Gasteiger partial charge >= 0.3 is 5.69 Å². The van der Waals surface area contributed by atoms with Gasteiger partial charge in [-0.25, -0.2) is 15.3 Å². The second kappa shape index (κ2) is 6.92. The fraction of sp³-hybridized carbons (Fsp3) is 0.167. The van der Waals surface area contributed by atoms with E-state index >= 15 is 0 Å². The highest BCUT2D eigenvalue weighted by molar-refractivity contribution is 5.86. The van der Waals surface area contributed by atoms with E-state index in [1.165, 1.54) is 13.1 Å². The van der Waals surface area contributed by atoms with Crippen molar-refractivity contribution in [3.05, 3.63) is 50.9 Å². The molecule has 4 N–H and O–H groups in total. The highest BCUT2D eigenvalue weighted by atomic mass is 16.2. The van der Waals surface area contributed by atoms with Gasteiger partial charge in [-0.15, -0.1) is 5.10 Å². The quantitative estimate of drug-likeness (QED) is 0.403. The molecule has 0 radical (unpaired) electrons. The number of anilines is 1. The van der Waals surface area contributed by atoms with Crippen LogP contribution in [0.5, 0.6) is 0 Å². The first-order chi connectivity index (χ1) is 10.6. The van der Waals surface area contributed by atoms with Gasteiger partial charge in [0.2, 0.25) is 5.82 Å². The number of amides is 1. The maximum absolute atomic E-state index is 11.8. The first-order valence-corrected chi connectivity index (χ1v) is 6.25. The van der Waals surface area contributed by atoms with Crippen LogP contribution in [0.4, 0.5) is 5.82 Å². The molecule has 0 saturated heterocycles. The van der Waals surface area contributed by atoms with Crippen LogP contribution in [-0.4, -0.2) is 38.3 Å². The minimum Gasteiger partial charge on any atom is -0.353 e. The van der Waals surface area contributed by atoms with Crippen LogP contribution in [-0.2, 0) is 4.79 Å². The van der Waals surface area contributed by atoms with Crippen molar-refractivity contribution in [3.63, 3.8) is 0 Å². The monoisotopic (exact) mass is 303 g/mol. The molecule has 10 heteroatoms. The molecule has 114 valence electrons. The van der Waals surface area contributed by atoms with E-state index in [9.17, 15) is 14.4 Å². The van der Waals surface area contributed by atoms with E-state index in [1.807, 2.05) is 4.98 Å². The van der Waals surface area contributed by atoms with E-state index in [1.54, 1.807) is 24.5 Å². The van der Waals surface area contributed by atoms with Gasteiger partial charge in [0.1, 0.15) is 6.04 Å². The maximum Gasteiger partial charge on any atom is 0.342 e. The van der Waals surface area contributed by atoms with Crippen LogP contribution >= 0.6 is 0 Å². The van der Waals surface area contributed by atoms with Crippen molar-refractivity contribution in [1.29, 1.82) is 0 Å². The smallest absolute Gasteiger partial charge is 0.342 e. The zero-order chi connectivity index (χ0) is 15.9. The number of nitrogens with zero attached hydrogens (tertiary/aromatic N) is 3. The van der Waals surface area contributed by atoms with E-state index in [2.05, 4.69) is 31.0 Å². The van der Waals surface area contributed by atoms with Gasteiger partial charge in [-0.3, -0.25) is 19.6 Å². The normalized spacial score (nSPS) is 12.0. The lowest BCUT2D eigenvalue weighted by Crippen LogP contribution is -2.38. The summed E-state index contributed by atoms with van der Waals surface area (Å²) < 4.78 is 0. The number of H-pyrrole nitrogens is 2. The standard InChI is InChI=1S/C12H13N7O3/c1-7(15-9-11(21)16-12(22)19-17-9)10(20)18-14-6-8-3-2-4-13-5-8/h2-7H,1H3,(H,15,17)(H,18,20)(H2,16,19,21,22)/b14-6-/t7-/m1/s1. The van der Waals surface area contributed by atoms with Crippen molar-refractivity contribution in [2.75, 3.05) is 5.32 Å². The lowest BCUT2D eigenvalue weighted by molar-refractivity contribution is -0.121. The zero-order valence-electron chi connectivity index (χ0n) is 11.5. The Labute approximate surface area is 123 Å². The summed E-state index contributed by atoms with van der Waals surface area (Å²) >= 11 is 0. The van der Waals surface area contributed by atoms with Gasteiger partial charge in [0, 0.05) is 18.0 Å². The third-order valence-corrected chi connectivity index (χ3v) is 2.53. The molecule has 0 aromatic carbocycles. The number of pyridine rings is 1. The lowest BCUT2D eigenvalue weighted by atomic mass is 10.3. The summed E-state index contributed by atoms with van der Waals surface area (Å²) in [6.07, 6.45) is 4.64. The van der Waals surface area contributed by atoms with Crippen LogP contribution in [0, 0.1) is 0 Å². The number of nitrogens with one attached hydrogen (secondary N) is 4. The first kappa shape index (κ1) is 15.1. The number of carbonyl (C=O) groups excluding carboxylic acids is 1. The van der Waals surface area contributed by atoms with E-state index in [4.69, 9.17) is 0 Å². The van der Waals surface area contributed by atoms with Crippen LogP contribution < -0.4 is 22.0 Å². The number of hydrogen-bond donors (Lipinski definition) is 4. The molecule has 2 aromatic heterocycles. The third kappa shape index (κ3) is 4.10. The predicted octanol–water partition coefficient (Wildman–Crippen LogP) is -1.20. The summed E-state index contributed by atoms with van der Waals surface area (Å²) in [5.41, 5.74) is 1.59. The number of carbonyl (C=O) groups is 1. The Bertz CT molecular complexity index is 781. The van der Waals surface area contributed by atoms with E-state index in [0.29, 0.717) is 0 Å². The molecule has 1 atom stereocenters. The van der Waals surface area contributed by atoms with Crippen molar-refractivity contribution in [2.24, 2.45) is 5.10 Å². The van der Waals surface area contributed by atoms with Gasteiger partial charge in [-0.1, -0.05) is 6.07 Å². The molecule has 0 unspecified atom stereocenters. The van der Waals surface area contributed by atoms with Crippen LogP contribution in [0.1, 0.15) is 12.5 Å². The van der Waals surface area contributed by atoms with Crippen LogP contribution in [0.15, 0.2) is 39.2 Å². The van der Waals surface area contributed by atoms with E-state index < -0.39 is 23.2 Å². The van der Waals surface area contributed by atoms with Gasteiger partial charge in [0.05, 0.1) is 6.21 Å². The number of hydrogen-bond acceptors (Lipinski definition) is 7. The molecule has 1 amide bonds. The summed E-state index contributed by atoms with van der Waals surface area (Å²) in [6, 6.07) is 2.72. The fourth-order valence-electron chi connectivity index (χ4n) is 1.44. The predicted molar refractivity (Wildman–Crippen MR) is 78.5 cm³/mol. The molecular weight excluding hydrogens is 290 g/mol.